The average molecular weight is 262 g/mol. The molecule has 6 heteroatoms. The predicted molar refractivity (Wildman–Crippen MR) is 58.0 cm³/mol. The van der Waals surface area contributed by atoms with Crippen LogP contribution in [-0.2, 0) is 22.1 Å². The number of hydrogen-bond acceptors (Lipinski definition) is 3. The highest BCUT2D eigenvalue weighted by Gasteiger charge is 2.31. The van der Waals surface area contributed by atoms with Crippen molar-refractivity contribution in [1.29, 1.82) is 0 Å². The lowest BCUT2D eigenvalue weighted by atomic mass is 10.1. The maximum atomic E-state index is 12.4. The number of phenolic OH excluding ortho intramolecular Hbond substituents is 1. The maximum absolute atomic E-state index is 12.4. The molecule has 0 saturated carbocycles. The van der Waals surface area contributed by atoms with E-state index in [1.54, 1.807) is 13.8 Å². The Labute approximate surface area is 102 Å². The van der Waals surface area contributed by atoms with Gasteiger partial charge < -0.3 is 9.84 Å². The standard InChI is InChI=1S/C12H13F3O3/c1-7(2)18-11(17)6-8-5-9(12(13,14)15)3-4-10(8)16/h3-5,7,16H,6H2,1-2H3. The van der Waals surface area contributed by atoms with Gasteiger partial charge in [-0.15, -0.1) is 0 Å². The van der Waals surface area contributed by atoms with Gasteiger partial charge in [-0.2, -0.15) is 13.2 Å². The van der Waals surface area contributed by atoms with E-state index in [9.17, 15) is 23.1 Å². The topological polar surface area (TPSA) is 46.5 Å². The number of alkyl halides is 3. The van der Waals surface area contributed by atoms with Crippen LogP contribution < -0.4 is 0 Å². The minimum atomic E-state index is -4.51. The van der Waals surface area contributed by atoms with Crippen LogP contribution in [0.1, 0.15) is 25.0 Å². The first-order chi connectivity index (χ1) is 8.20. The zero-order chi connectivity index (χ0) is 13.9. The molecule has 1 rings (SSSR count). The molecule has 0 aliphatic carbocycles. The molecule has 0 aromatic heterocycles. The van der Waals surface area contributed by atoms with Gasteiger partial charge in [-0.3, -0.25) is 4.79 Å². The predicted octanol–water partition coefficient (Wildman–Crippen LogP) is 2.91. The number of ether oxygens (including phenoxy) is 1. The van der Waals surface area contributed by atoms with Gasteiger partial charge in [-0.05, 0) is 32.0 Å². The van der Waals surface area contributed by atoms with Crippen LogP contribution in [0, 0.1) is 0 Å². The summed E-state index contributed by atoms with van der Waals surface area (Å²) < 4.78 is 42.2. The van der Waals surface area contributed by atoms with Gasteiger partial charge in [0.25, 0.3) is 0 Å². The Bertz CT molecular complexity index is 439. The SMILES string of the molecule is CC(C)OC(=O)Cc1cc(C(F)(F)F)ccc1O. The first kappa shape index (κ1) is 14.3. The van der Waals surface area contributed by atoms with E-state index in [0.29, 0.717) is 0 Å². The Morgan fingerprint density at radius 3 is 2.50 bits per heavy atom. The number of esters is 1. The summed E-state index contributed by atoms with van der Waals surface area (Å²) in [6.45, 7) is 3.26. The van der Waals surface area contributed by atoms with Crippen molar-refractivity contribution in [2.24, 2.45) is 0 Å². The molecule has 0 heterocycles. The number of benzene rings is 1. The quantitative estimate of drug-likeness (QED) is 0.852. The molecule has 0 aliphatic heterocycles. The van der Waals surface area contributed by atoms with Gasteiger partial charge in [0.2, 0.25) is 0 Å². The number of aromatic hydroxyl groups is 1. The monoisotopic (exact) mass is 262 g/mol. The largest absolute Gasteiger partial charge is 0.508 e. The van der Waals surface area contributed by atoms with Crippen LogP contribution in [0.15, 0.2) is 18.2 Å². The third-order valence-electron chi connectivity index (χ3n) is 2.11. The normalized spacial score (nSPS) is 11.7. The Morgan fingerprint density at radius 1 is 1.39 bits per heavy atom. The van der Waals surface area contributed by atoms with Crippen LogP contribution in [-0.4, -0.2) is 17.2 Å². The molecular formula is C12H13F3O3. The molecule has 0 saturated heterocycles. The summed E-state index contributed by atoms with van der Waals surface area (Å²) in [5, 5.41) is 9.41. The Morgan fingerprint density at radius 2 is 2.00 bits per heavy atom. The lowest BCUT2D eigenvalue weighted by molar-refractivity contribution is -0.146. The average Bonchev–Trinajstić information content (AvgIpc) is 2.18. The highest BCUT2D eigenvalue weighted by atomic mass is 19.4. The van der Waals surface area contributed by atoms with Crippen LogP contribution in [0.2, 0.25) is 0 Å². The van der Waals surface area contributed by atoms with Crippen molar-refractivity contribution in [3.05, 3.63) is 29.3 Å². The van der Waals surface area contributed by atoms with Crippen LogP contribution >= 0.6 is 0 Å². The summed E-state index contributed by atoms with van der Waals surface area (Å²) in [4.78, 5) is 11.3. The van der Waals surface area contributed by atoms with Crippen LogP contribution in [0.25, 0.3) is 0 Å². The molecule has 0 aliphatic rings. The molecule has 0 radical (unpaired) electrons. The summed E-state index contributed by atoms with van der Waals surface area (Å²) in [6.07, 6.45) is -5.26. The van der Waals surface area contributed by atoms with Gasteiger partial charge in [-0.1, -0.05) is 0 Å². The molecule has 0 amide bonds. The number of hydrogen-bond donors (Lipinski definition) is 1. The molecule has 0 fully saturated rings. The van der Waals surface area contributed by atoms with Crippen molar-refractivity contribution in [2.75, 3.05) is 0 Å². The van der Waals surface area contributed by atoms with Crippen molar-refractivity contribution in [3.63, 3.8) is 0 Å². The molecule has 0 bridgehead atoms. The van der Waals surface area contributed by atoms with Gasteiger partial charge >= 0.3 is 12.1 Å². The van der Waals surface area contributed by atoms with E-state index >= 15 is 0 Å². The van der Waals surface area contributed by atoms with Crippen LogP contribution in [0.5, 0.6) is 5.75 Å². The third-order valence-corrected chi connectivity index (χ3v) is 2.11. The molecule has 1 aromatic carbocycles. The number of carbonyl (C=O) groups is 1. The molecule has 1 N–H and O–H groups in total. The van der Waals surface area contributed by atoms with Crippen molar-refractivity contribution in [2.45, 2.75) is 32.5 Å². The second-order valence-electron chi connectivity index (χ2n) is 4.06. The van der Waals surface area contributed by atoms with Crippen molar-refractivity contribution in [3.8, 4) is 5.75 Å². The first-order valence-electron chi connectivity index (χ1n) is 5.28. The summed E-state index contributed by atoms with van der Waals surface area (Å²) in [5.74, 6) is -1.04. The van der Waals surface area contributed by atoms with Crippen LogP contribution in [0.3, 0.4) is 0 Å². The van der Waals surface area contributed by atoms with Gasteiger partial charge in [0, 0.05) is 5.56 Å². The molecule has 0 unspecified atom stereocenters. The molecule has 1 aromatic rings. The summed E-state index contributed by atoms with van der Waals surface area (Å²) in [7, 11) is 0. The number of rotatable bonds is 3. The summed E-state index contributed by atoms with van der Waals surface area (Å²) in [6, 6.07) is 2.42. The van der Waals surface area contributed by atoms with Gasteiger partial charge in [0.1, 0.15) is 5.75 Å². The summed E-state index contributed by atoms with van der Waals surface area (Å²) in [5.41, 5.74) is -1.01. The Balaban J connectivity index is 2.92. The van der Waals surface area contributed by atoms with E-state index in [1.165, 1.54) is 0 Å². The Kier molecular flexibility index (Phi) is 4.21. The number of halogens is 3. The van der Waals surface area contributed by atoms with Gasteiger partial charge in [0.05, 0.1) is 18.1 Å². The lowest BCUT2D eigenvalue weighted by Gasteiger charge is -2.11. The highest BCUT2D eigenvalue weighted by molar-refractivity contribution is 5.73. The highest BCUT2D eigenvalue weighted by Crippen LogP contribution is 2.32. The summed E-state index contributed by atoms with van der Waals surface area (Å²) >= 11 is 0. The first-order valence-corrected chi connectivity index (χ1v) is 5.28. The zero-order valence-corrected chi connectivity index (χ0v) is 9.91. The number of phenols is 1. The fourth-order valence-electron chi connectivity index (χ4n) is 1.36. The van der Waals surface area contributed by atoms with E-state index in [1.807, 2.05) is 0 Å². The van der Waals surface area contributed by atoms with Crippen molar-refractivity contribution < 1.29 is 27.8 Å². The minimum Gasteiger partial charge on any atom is -0.508 e. The minimum absolute atomic E-state index is 0.101. The number of carbonyl (C=O) groups excluding carboxylic acids is 1. The lowest BCUT2D eigenvalue weighted by Crippen LogP contribution is -2.14. The fraction of sp³-hybridized carbons (Fsp3) is 0.417. The molecule has 0 atom stereocenters. The molecule has 18 heavy (non-hydrogen) atoms. The smallest absolute Gasteiger partial charge is 0.416 e. The molecule has 100 valence electrons. The second kappa shape index (κ2) is 5.29. The second-order valence-corrected chi connectivity index (χ2v) is 4.06. The maximum Gasteiger partial charge on any atom is 0.416 e. The van der Waals surface area contributed by atoms with Crippen LogP contribution in [0.4, 0.5) is 13.2 Å². The Hall–Kier alpha value is -1.72. The van der Waals surface area contributed by atoms with E-state index in [-0.39, 0.29) is 17.4 Å². The van der Waals surface area contributed by atoms with E-state index in [0.717, 1.165) is 18.2 Å². The fourth-order valence-corrected chi connectivity index (χ4v) is 1.36. The molecular weight excluding hydrogens is 249 g/mol. The molecule has 3 nitrogen and oxygen atoms in total. The van der Waals surface area contributed by atoms with Crippen molar-refractivity contribution in [1.82, 2.24) is 0 Å². The zero-order valence-electron chi connectivity index (χ0n) is 9.91. The van der Waals surface area contributed by atoms with E-state index < -0.39 is 24.1 Å². The third kappa shape index (κ3) is 3.94. The van der Waals surface area contributed by atoms with E-state index in [2.05, 4.69) is 0 Å². The van der Waals surface area contributed by atoms with Gasteiger partial charge in [0.15, 0.2) is 0 Å². The van der Waals surface area contributed by atoms with Crippen molar-refractivity contribution >= 4 is 5.97 Å². The molecule has 0 spiro atoms. The van der Waals surface area contributed by atoms with E-state index in [4.69, 9.17) is 4.74 Å². The van der Waals surface area contributed by atoms with Gasteiger partial charge in [-0.25, -0.2) is 0 Å².